The molecule has 1 atom stereocenters. The Hall–Kier alpha value is -2.35. The second kappa shape index (κ2) is 10.7. The first-order valence-electron chi connectivity index (χ1n) is 10.9. The number of hydrogen-bond acceptors (Lipinski definition) is 6. The zero-order valence-corrected chi connectivity index (χ0v) is 20.8. The minimum Gasteiger partial charge on any atom is -0.447 e. The van der Waals surface area contributed by atoms with E-state index in [1.807, 2.05) is 24.3 Å². The van der Waals surface area contributed by atoms with Gasteiger partial charge in [0.05, 0.1) is 10.7 Å². The van der Waals surface area contributed by atoms with Crippen LogP contribution in [0.15, 0.2) is 47.6 Å². The van der Waals surface area contributed by atoms with Crippen LogP contribution in [0.3, 0.4) is 0 Å². The minimum absolute atomic E-state index is 0.204. The molecule has 1 amide bonds. The molecule has 2 aromatic carbocycles. The largest absolute Gasteiger partial charge is 0.447 e. The average molecular weight is 503 g/mol. The standard InChI is InChI=1S/C24H24Cl2N4O2S/c1-3-4-5-8-13-33-24-27-22-21(28-29-24)18-9-6-7-10-20(18)30(15(2)31)23(32-22)17-12-11-16(25)14-19(17)26/h6-7,9-12,14,23H,3-5,8,13H2,1-2H3/t23-/m1/s1. The van der Waals surface area contributed by atoms with Crippen LogP contribution in [-0.2, 0) is 4.79 Å². The minimum atomic E-state index is -0.839. The molecule has 0 spiro atoms. The molecule has 6 nitrogen and oxygen atoms in total. The van der Waals surface area contributed by atoms with Gasteiger partial charge in [-0.1, -0.05) is 85.4 Å². The SMILES string of the molecule is CCCCCCSc1nnc2c(n1)O[C@H](c1ccc(Cl)cc1Cl)N(C(C)=O)c1ccccc1-2. The molecule has 0 fully saturated rings. The lowest BCUT2D eigenvalue weighted by atomic mass is 10.1. The lowest BCUT2D eigenvalue weighted by Gasteiger charge is -2.30. The molecule has 172 valence electrons. The molecule has 0 N–H and O–H groups in total. The second-order valence-electron chi connectivity index (χ2n) is 7.70. The van der Waals surface area contributed by atoms with Gasteiger partial charge in [0.2, 0.25) is 23.2 Å². The van der Waals surface area contributed by atoms with Crippen LogP contribution in [0.1, 0.15) is 51.3 Å². The number of anilines is 1. The number of amides is 1. The lowest BCUT2D eigenvalue weighted by molar-refractivity contribution is -0.118. The summed E-state index contributed by atoms with van der Waals surface area (Å²) in [5.74, 6) is 1.02. The van der Waals surface area contributed by atoms with E-state index in [0.717, 1.165) is 17.7 Å². The Morgan fingerprint density at radius 2 is 1.94 bits per heavy atom. The third kappa shape index (κ3) is 5.26. The molecule has 2 heterocycles. The molecule has 4 rings (SSSR count). The Bertz CT molecular complexity index is 1160. The number of hydrogen-bond donors (Lipinski definition) is 0. The van der Waals surface area contributed by atoms with Gasteiger partial charge in [-0.15, -0.1) is 10.2 Å². The molecule has 0 aliphatic carbocycles. The van der Waals surface area contributed by atoms with Crippen molar-refractivity contribution in [3.8, 4) is 17.1 Å². The molecule has 0 saturated heterocycles. The van der Waals surface area contributed by atoms with Crippen molar-refractivity contribution in [3.05, 3.63) is 58.1 Å². The molecule has 33 heavy (non-hydrogen) atoms. The van der Waals surface area contributed by atoms with Crippen LogP contribution in [0, 0.1) is 0 Å². The predicted octanol–water partition coefficient (Wildman–Crippen LogP) is 6.96. The normalized spacial score (nSPS) is 14.8. The van der Waals surface area contributed by atoms with E-state index in [4.69, 9.17) is 27.9 Å². The number of benzene rings is 2. The van der Waals surface area contributed by atoms with Gasteiger partial charge in [0.1, 0.15) is 0 Å². The fraction of sp³-hybridized carbons (Fsp3) is 0.333. The van der Waals surface area contributed by atoms with Gasteiger partial charge >= 0.3 is 0 Å². The first-order chi connectivity index (χ1) is 16.0. The Morgan fingerprint density at radius 3 is 2.70 bits per heavy atom. The number of carbonyl (C=O) groups excluding carboxylic acids is 1. The van der Waals surface area contributed by atoms with Gasteiger partial charge < -0.3 is 4.74 Å². The maximum Gasteiger partial charge on any atom is 0.247 e. The smallest absolute Gasteiger partial charge is 0.247 e. The van der Waals surface area contributed by atoms with Crippen molar-refractivity contribution < 1.29 is 9.53 Å². The molecule has 0 unspecified atom stereocenters. The summed E-state index contributed by atoms with van der Waals surface area (Å²) in [6.45, 7) is 3.68. The maximum atomic E-state index is 12.8. The van der Waals surface area contributed by atoms with Gasteiger partial charge in [0, 0.05) is 28.8 Å². The number of carbonyl (C=O) groups is 1. The third-order valence-corrected chi connectivity index (χ3v) is 6.79. The van der Waals surface area contributed by atoms with Crippen molar-refractivity contribution >= 4 is 46.6 Å². The molecule has 0 radical (unpaired) electrons. The number of para-hydroxylation sites is 1. The Balaban J connectivity index is 1.77. The van der Waals surface area contributed by atoms with Gasteiger partial charge in [0.25, 0.3) is 0 Å². The number of unbranched alkanes of at least 4 members (excludes halogenated alkanes) is 3. The zero-order valence-electron chi connectivity index (χ0n) is 18.4. The van der Waals surface area contributed by atoms with Crippen molar-refractivity contribution in [2.45, 2.75) is 50.9 Å². The first kappa shape index (κ1) is 23.8. The highest BCUT2D eigenvalue weighted by Gasteiger charge is 2.35. The average Bonchev–Trinajstić information content (AvgIpc) is 2.93. The fourth-order valence-electron chi connectivity index (χ4n) is 3.71. The van der Waals surface area contributed by atoms with Crippen molar-refractivity contribution in [1.82, 2.24) is 15.2 Å². The summed E-state index contributed by atoms with van der Waals surface area (Å²) in [4.78, 5) is 19.1. The summed E-state index contributed by atoms with van der Waals surface area (Å²) in [5.41, 5.74) is 2.46. The Labute approximate surface area is 207 Å². The van der Waals surface area contributed by atoms with E-state index >= 15 is 0 Å². The molecular formula is C24H24Cl2N4O2S. The number of thioether (sulfide) groups is 1. The number of aromatic nitrogens is 3. The Morgan fingerprint density at radius 1 is 1.12 bits per heavy atom. The Kier molecular flexibility index (Phi) is 7.73. The van der Waals surface area contributed by atoms with E-state index in [9.17, 15) is 4.79 Å². The van der Waals surface area contributed by atoms with Crippen LogP contribution in [-0.4, -0.2) is 26.8 Å². The van der Waals surface area contributed by atoms with Crippen molar-refractivity contribution in [1.29, 1.82) is 0 Å². The van der Waals surface area contributed by atoms with E-state index in [-0.39, 0.29) is 5.91 Å². The zero-order chi connectivity index (χ0) is 23.4. The highest BCUT2D eigenvalue weighted by atomic mass is 35.5. The summed E-state index contributed by atoms with van der Waals surface area (Å²) < 4.78 is 6.36. The summed E-state index contributed by atoms with van der Waals surface area (Å²) in [5, 5.41) is 10.2. The monoisotopic (exact) mass is 502 g/mol. The molecular weight excluding hydrogens is 479 g/mol. The van der Waals surface area contributed by atoms with Crippen molar-refractivity contribution in [2.24, 2.45) is 0 Å². The summed E-state index contributed by atoms with van der Waals surface area (Å²) in [6.07, 6.45) is 3.83. The van der Waals surface area contributed by atoms with Crippen LogP contribution in [0.4, 0.5) is 5.69 Å². The van der Waals surface area contributed by atoms with Crippen LogP contribution >= 0.6 is 35.0 Å². The van der Waals surface area contributed by atoms with Crippen LogP contribution < -0.4 is 9.64 Å². The molecule has 0 saturated carbocycles. The molecule has 0 bridgehead atoms. The van der Waals surface area contributed by atoms with Crippen LogP contribution in [0.5, 0.6) is 5.88 Å². The molecule has 3 aromatic rings. The summed E-state index contributed by atoms with van der Waals surface area (Å²) >= 11 is 14.2. The predicted molar refractivity (Wildman–Crippen MR) is 133 cm³/mol. The van der Waals surface area contributed by atoms with Gasteiger partial charge in [0.15, 0.2) is 5.69 Å². The van der Waals surface area contributed by atoms with Crippen molar-refractivity contribution in [3.63, 3.8) is 0 Å². The van der Waals surface area contributed by atoms with Crippen LogP contribution in [0.2, 0.25) is 10.0 Å². The van der Waals surface area contributed by atoms with Gasteiger partial charge in [-0.05, 0) is 24.6 Å². The van der Waals surface area contributed by atoms with Gasteiger partial charge in [-0.2, -0.15) is 4.98 Å². The van der Waals surface area contributed by atoms with E-state index in [2.05, 4.69) is 22.1 Å². The summed E-state index contributed by atoms with van der Waals surface area (Å²) in [6, 6.07) is 12.6. The highest BCUT2D eigenvalue weighted by Crippen LogP contribution is 2.44. The molecule has 1 aliphatic heterocycles. The molecule has 1 aromatic heterocycles. The number of nitrogens with zero attached hydrogens (tertiary/aromatic N) is 4. The van der Waals surface area contributed by atoms with Gasteiger partial charge in [-0.25, -0.2) is 0 Å². The van der Waals surface area contributed by atoms with E-state index < -0.39 is 6.23 Å². The molecule has 1 aliphatic rings. The topological polar surface area (TPSA) is 68.2 Å². The number of rotatable bonds is 7. The maximum absolute atomic E-state index is 12.8. The lowest BCUT2D eigenvalue weighted by Crippen LogP contribution is -2.36. The van der Waals surface area contributed by atoms with E-state index in [0.29, 0.717) is 38.0 Å². The highest BCUT2D eigenvalue weighted by molar-refractivity contribution is 7.99. The summed E-state index contributed by atoms with van der Waals surface area (Å²) in [7, 11) is 0. The molecule has 9 heteroatoms. The third-order valence-electron chi connectivity index (χ3n) is 5.31. The fourth-order valence-corrected chi connectivity index (χ4v) is 4.99. The second-order valence-corrected chi connectivity index (χ2v) is 9.61. The van der Waals surface area contributed by atoms with Crippen LogP contribution in [0.25, 0.3) is 11.3 Å². The number of halogens is 2. The van der Waals surface area contributed by atoms with E-state index in [1.54, 1.807) is 34.9 Å². The number of ether oxygens (including phenoxy) is 1. The first-order valence-corrected chi connectivity index (χ1v) is 12.6. The van der Waals surface area contributed by atoms with Gasteiger partial charge in [-0.3, -0.25) is 9.69 Å². The number of fused-ring (bicyclic) bond motifs is 3. The van der Waals surface area contributed by atoms with Crippen molar-refractivity contribution in [2.75, 3.05) is 10.7 Å². The quantitative estimate of drug-likeness (QED) is 0.256. The van der Waals surface area contributed by atoms with E-state index in [1.165, 1.54) is 26.2 Å².